The number of nitrogens with two attached hydrogens (primary N) is 2. The van der Waals surface area contributed by atoms with E-state index in [0.717, 1.165) is 40.2 Å². The SMILES string of the molecule is Cc1cc(C)c(N)c(CCS)c1N. The van der Waals surface area contributed by atoms with Crippen LogP contribution in [-0.2, 0) is 6.42 Å². The van der Waals surface area contributed by atoms with Gasteiger partial charge in [-0.15, -0.1) is 0 Å². The van der Waals surface area contributed by atoms with Gasteiger partial charge in [0.25, 0.3) is 0 Å². The average Bonchev–Trinajstić information content (AvgIpc) is 2.09. The number of benzene rings is 1. The molecule has 0 saturated carbocycles. The maximum atomic E-state index is 5.92. The molecule has 0 aromatic heterocycles. The molecule has 0 aliphatic carbocycles. The summed E-state index contributed by atoms with van der Waals surface area (Å²) in [6.45, 7) is 4.01. The first-order valence-electron chi connectivity index (χ1n) is 4.32. The summed E-state index contributed by atoms with van der Waals surface area (Å²) in [7, 11) is 0. The molecule has 1 rings (SSSR count). The Bertz CT molecular complexity index is 295. The molecule has 0 saturated heterocycles. The van der Waals surface area contributed by atoms with E-state index >= 15 is 0 Å². The number of hydrogen-bond donors (Lipinski definition) is 3. The van der Waals surface area contributed by atoms with Gasteiger partial charge >= 0.3 is 0 Å². The monoisotopic (exact) mass is 196 g/mol. The third-order valence-corrected chi connectivity index (χ3v) is 2.52. The van der Waals surface area contributed by atoms with Crippen molar-refractivity contribution < 1.29 is 0 Å². The number of hydrogen-bond acceptors (Lipinski definition) is 3. The molecule has 1 aromatic carbocycles. The Hall–Kier alpha value is -0.830. The molecule has 2 nitrogen and oxygen atoms in total. The molecule has 0 bridgehead atoms. The van der Waals surface area contributed by atoms with Crippen LogP contribution in [0.3, 0.4) is 0 Å². The molecule has 1 aromatic rings. The first-order valence-corrected chi connectivity index (χ1v) is 4.96. The molecule has 0 spiro atoms. The summed E-state index contributed by atoms with van der Waals surface area (Å²) in [5.74, 6) is 0.775. The molecule has 72 valence electrons. The topological polar surface area (TPSA) is 52.0 Å². The van der Waals surface area contributed by atoms with Crippen LogP contribution in [0.25, 0.3) is 0 Å². The van der Waals surface area contributed by atoms with Crippen molar-refractivity contribution in [1.29, 1.82) is 0 Å². The van der Waals surface area contributed by atoms with Crippen molar-refractivity contribution in [3.8, 4) is 0 Å². The maximum absolute atomic E-state index is 5.92. The molecule has 3 heteroatoms. The van der Waals surface area contributed by atoms with E-state index < -0.39 is 0 Å². The zero-order chi connectivity index (χ0) is 10.0. The Kier molecular flexibility index (Phi) is 3.09. The highest BCUT2D eigenvalue weighted by Crippen LogP contribution is 2.27. The second-order valence-corrected chi connectivity index (χ2v) is 3.74. The first kappa shape index (κ1) is 10.3. The summed E-state index contributed by atoms with van der Waals surface area (Å²) in [5.41, 5.74) is 16.7. The van der Waals surface area contributed by atoms with Crippen molar-refractivity contribution >= 4 is 24.0 Å². The number of anilines is 2. The van der Waals surface area contributed by atoms with Crippen LogP contribution in [0.15, 0.2) is 6.07 Å². The van der Waals surface area contributed by atoms with Gasteiger partial charge in [-0.2, -0.15) is 12.6 Å². The number of nitrogen functional groups attached to an aromatic ring is 2. The van der Waals surface area contributed by atoms with Gasteiger partial charge in [-0.25, -0.2) is 0 Å². The van der Waals surface area contributed by atoms with Crippen LogP contribution < -0.4 is 11.5 Å². The fraction of sp³-hybridized carbons (Fsp3) is 0.400. The van der Waals surface area contributed by atoms with E-state index in [1.165, 1.54) is 0 Å². The fourth-order valence-corrected chi connectivity index (χ4v) is 1.71. The van der Waals surface area contributed by atoms with Gasteiger partial charge in [0.15, 0.2) is 0 Å². The van der Waals surface area contributed by atoms with Gasteiger partial charge in [-0.05, 0) is 42.7 Å². The maximum Gasteiger partial charge on any atom is 0.0397 e. The Labute approximate surface area is 84.7 Å². The number of aryl methyl sites for hydroxylation is 2. The van der Waals surface area contributed by atoms with Gasteiger partial charge in [0.1, 0.15) is 0 Å². The minimum Gasteiger partial charge on any atom is -0.398 e. The van der Waals surface area contributed by atoms with E-state index in [2.05, 4.69) is 12.6 Å². The summed E-state index contributed by atoms with van der Waals surface area (Å²) in [6.07, 6.45) is 0.837. The predicted molar refractivity (Wildman–Crippen MR) is 62.3 cm³/mol. The Morgan fingerprint density at radius 3 is 2.00 bits per heavy atom. The molecule has 0 radical (unpaired) electrons. The summed E-state index contributed by atoms with van der Waals surface area (Å²) >= 11 is 4.18. The highest BCUT2D eigenvalue weighted by molar-refractivity contribution is 7.80. The lowest BCUT2D eigenvalue weighted by Gasteiger charge is -2.13. The molecule has 4 N–H and O–H groups in total. The van der Waals surface area contributed by atoms with Crippen molar-refractivity contribution in [2.24, 2.45) is 0 Å². The minimum absolute atomic E-state index is 0.775. The van der Waals surface area contributed by atoms with Gasteiger partial charge in [0.2, 0.25) is 0 Å². The highest BCUT2D eigenvalue weighted by Gasteiger charge is 2.08. The Morgan fingerprint density at radius 2 is 1.62 bits per heavy atom. The van der Waals surface area contributed by atoms with Crippen LogP contribution in [0.2, 0.25) is 0 Å². The number of thiol groups is 1. The van der Waals surface area contributed by atoms with E-state index in [9.17, 15) is 0 Å². The van der Waals surface area contributed by atoms with Crippen molar-refractivity contribution in [3.05, 3.63) is 22.8 Å². The Morgan fingerprint density at radius 1 is 1.15 bits per heavy atom. The fourth-order valence-electron chi connectivity index (χ4n) is 1.48. The van der Waals surface area contributed by atoms with Crippen LogP contribution in [0, 0.1) is 13.8 Å². The van der Waals surface area contributed by atoms with Crippen LogP contribution in [-0.4, -0.2) is 5.75 Å². The molecular weight excluding hydrogens is 180 g/mol. The van der Waals surface area contributed by atoms with Crippen LogP contribution in [0.4, 0.5) is 11.4 Å². The summed E-state index contributed by atoms with van der Waals surface area (Å²) in [4.78, 5) is 0. The molecule has 0 amide bonds. The van der Waals surface area contributed by atoms with Crippen LogP contribution >= 0.6 is 12.6 Å². The van der Waals surface area contributed by atoms with Gasteiger partial charge in [0, 0.05) is 11.4 Å². The molecule has 0 aliphatic rings. The summed E-state index contributed by atoms with van der Waals surface area (Å²) in [5, 5.41) is 0. The zero-order valence-electron chi connectivity index (χ0n) is 8.09. The molecule has 0 unspecified atom stereocenters. The normalized spacial score (nSPS) is 10.4. The van der Waals surface area contributed by atoms with Crippen molar-refractivity contribution in [1.82, 2.24) is 0 Å². The quantitative estimate of drug-likeness (QED) is 0.500. The van der Waals surface area contributed by atoms with E-state index in [-0.39, 0.29) is 0 Å². The van der Waals surface area contributed by atoms with E-state index in [0.29, 0.717) is 0 Å². The van der Waals surface area contributed by atoms with E-state index in [1.807, 2.05) is 19.9 Å². The molecule has 13 heavy (non-hydrogen) atoms. The molecule has 0 aliphatic heterocycles. The third-order valence-electron chi connectivity index (χ3n) is 2.29. The van der Waals surface area contributed by atoms with Crippen LogP contribution in [0.1, 0.15) is 16.7 Å². The average molecular weight is 196 g/mol. The lowest BCUT2D eigenvalue weighted by atomic mass is 10.00. The standard InChI is InChI=1S/C10H16N2S/c1-6-5-7(2)10(12)8(3-4-13)9(6)11/h5,13H,3-4,11-12H2,1-2H3. The van der Waals surface area contributed by atoms with Crippen molar-refractivity contribution in [2.45, 2.75) is 20.3 Å². The molecule has 0 fully saturated rings. The van der Waals surface area contributed by atoms with Gasteiger partial charge < -0.3 is 11.5 Å². The zero-order valence-corrected chi connectivity index (χ0v) is 8.99. The Balaban J connectivity index is 3.28. The molecule has 0 atom stereocenters. The van der Waals surface area contributed by atoms with Gasteiger partial charge in [-0.3, -0.25) is 0 Å². The number of rotatable bonds is 2. The lowest BCUT2D eigenvalue weighted by molar-refractivity contribution is 1.15. The lowest BCUT2D eigenvalue weighted by Crippen LogP contribution is -2.05. The van der Waals surface area contributed by atoms with E-state index in [4.69, 9.17) is 11.5 Å². The minimum atomic E-state index is 0.775. The molecular formula is C10H16N2S. The van der Waals surface area contributed by atoms with Gasteiger partial charge in [0.05, 0.1) is 0 Å². The smallest absolute Gasteiger partial charge is 0.0397 e. The summed E-state index contributed by atoms with van der Waals surface area (Å²) < 4.78 is 0. The first-order chi connectivity index (χ1) is 6.07. The van der Waals surface area contributed by atoms with Crippen molar-refractivity contribution in [2.75, 3.05) is 17.2 Å². The second kappa shape index (κ2) is 3.92. The largest absolute Gasteiger partial charge is 0.398 e. The van der Waals surface area contributed by atoms with Crippen molar-refractivity contribution in [3.63, 3.8) is 0 Å². The van der Waals surface area contributed by atoms with Gasteiger partial charge in [-0.1, -0.05) is 6.07 Å². The predicted octanol–water partition coefficient (Wildman–Crippen LogP) is 1.94. The third kappa shape index (κ3) is 1.91. The second-order valence-electron chi connectivity index (χ2n) is 3.29. The highest BCUT2D eigenvalue weighted by atomic mass is 32.1. The molecule has 0 heterocycles. The van der Waals surface area contributed by atoms with E-state index in [1.54, 1.807) is 0 Å². The summed E-state index contributed by atoms with van der Waals surface area (Å²) in [6, 6.07) is 2.02. The van der Waals surface area contributed by atoms with Crippen LogP contribution in [0.5, 0.6) is 0 Å².